The van der Waals surface area contributed by atoms with Crippen LogP contribution in [0, 0.1) is 20.8 Å². The van der Waals surface area contributed by atoms with Gasteiger partial charge in [-0.15, -0.1) is 0 Å². The number of fused-ring (bicyclic) bond motifs is 3. The lowest BCUT2D eigenvalue weighted by Crippen LogP contribution is -2.16. The summed E-state index contributed by atoms with van der Waals surface area (Å²) in [4.78, 5) is 40.0. The molecular weight excluding hydrogens is 871 g/mol. The SMILES string of the molecule is COc1cccc(Cn2c(=O)oc3c(-c4ccccc4COc4ccccc4Cn4c(=O)oc5c(C(C)CCOc6ccccc6Cn6c(=O)oc7ccc(C)cc76)cc(C)cc54)c(C)ccc32)c1. The van der Waals surface area contributed by atoms with Crippen LogP contribution in [0.1, 0.15) is 63.8 Å². The van der Waals surface area contributed by atoms with Crippen LogP contribution < -0.4 is 31.5 Å². The highest BCUT2D eigenvalue weighted by Gasteiger charge is 2.22. The molecule has 0 aliphatic heterocycles. The monoisotopic (exact) mass is 921 g/mol. The minimum absolute atomic E-state index is 0.0216. The van der Waals surface area contributed by atoms with Crippen molar-refractivity contribution < 1.29 is 27.5 Å². The van der Waals surface area contributed by atoms with Gasteiger partial charge >= 0.3 is 17.3 Å². The third-order valence-electron chi connectivity index (χ3n) is 12.9. The number of rotatable bonds is 16. The summed E-state index contributed by atoms with van der Waals surface area (Å²) in [6.07, 6.45) is 0.642. The lowest BCUT2D eigenvalue weighted by atomic mass is 9.95. The molecule has 0 spiro atoms. The quantitative estimate of drug-likeness (QED) is 0.0928. The van der Waals surface area contributed by atoms with Crippen LogP contribution in [-0.4, -0.2) is 27.4 Å². The number of hydrogen-bond donors (Lipinski definition) is 0. The Balaban J connectivity index is 0.865. The van der Waals surface area contributed by atoms with E-state index in [2.05, 4.69) is 13.0 Å². The van der Waals surface area contributed by atoms with E-state index >= 15 is 0 Å². The van der Waals surface area contributed by atoms with Gasteiger partial charge in [0.25, 0.3) is 0 Å². The molecule has 0 bridgehead atoms. The summed E-state index contributed by atoms with van der Waals surface area (Å²) in [6.45, 7) is 9.58. The summed E-state index contributed by atoms with van der Waals surface area (Å²) in [5, 5.41) is 0. The van der Waals surface area contributed by atoms with Gasteiger partial charge in [-0.25, -0.2) is 14.4 Å². The van der Waals surface area contributed by atoms with Crippen molar-refractivity contribution in [2.24, 2.45) is 0 Å². The van der Waals surface area contributed by atoms with Crippen molar-refractivity contribution in [3.8, 4) is 28.4 Å². The highest BCUT2D eigenvalue weighted by Crippen LogP contribution is 2.36. The molecule has 10 aromatic rings. The van der Waals surface area contributed by atoms with Crippen LogP contribution in [0.3, 0.4) is 0 Å². The molecule has 0 radical (unpaired) electrons. The first kappa shape index (κ1) is 44.6. The molecular formula is C57H51N3O9. The number of aromatic nitrogens is 3. The smallest absolute Gasteiger partial charge is 0.420 e. The van der Waals surface area contributed by atoms with Crippen LogP contribution in [0.15, 0.2) is 167 Å². The maximum Gasteiger partial charge on any atom is 0.420 e. The fourth-order valence-corrected chi connectivity index (χ4v) is 9.27. The number of para-hydroxylation sites is 2. The number of nitrogens with zero attached hydrogens (tertiary/aromatic N) is 3. The number of oxazole rings is 3. The maximum atomic E-state index is 13.8. The van der Waals surface area contributed by atoms with Crippen LogP contribution >= 0.6 is 0 Å². The average Bonchev–Trinajstić information content (AvgIpc) is 3.96. The highest BCUT2D eigenvalue weighted by molar-refractivity contribution is 5.93. The molecule has 0 N–H and O–H groups in total. The Labute approximate surface area is 397 Å². The van der Waals surface area contributed by atoms with Crippen molar-refractivity contribution in [1.82, 2.24) is 13.7 Å². The van der Waals surface area contributed by atoms with Crippen molar-refractivity contribution in [2.45, 2.75) is 66.3 Å². The first-order valence-corrected chi connectivity index (χ1v) is 23.0. The lowest BCUT2D eigenvalue weighted by molar-refractivity contribution is 0.297. The first-order valence-electron chi connectivity index (χ1n) is 23.0. The summed E-state index contributed by atoms with van der Waals surface area (Å²) in [5.41, 5.74) is 12.8. The van der Waals surface area contributed by atoms with Crippen molar-refractivity contribution in [3.63, 3.8) is 0 Å². The van der Waals surface area contributed by atoms with Gasteiger partial charge in [-0.05, 0) is 115 Å². The van der Waals surface area contributed by atoms with E-state index in [0.717, 1.165) is 61.2 Å². The van der Waals surface area contributed by atoms with Crippen LogP contribution in [0.25, 0.3) is 44.4 Å². The van der Waals surface area contributed by atoms with E-state index < -0.39 is 17.3 Å². The number of ether oxygens (including phenoxy) is 3. The maximum absolute atomic E-state index is 13.8. The predicted octanol–water partition coefficient (Wildman–Crippen LogP) is 11.3. The first-order chi connectivity index (χ1) is 33.5. The van der Waals surface area contributed by atoms with Crippen LogP contribution in [0.5, 0.6) is 17.2 Å². The minimum Gasteiger partial charge on any atom is -0.497 e. The third kappa shape index (κ3) is 8.89. The molecule has 69 heavy (non-hydrogen) atoms. The molecule has 10 rings (SSSR count). The second-order valence-corrected chi connectivity index (χ2v) is 17.7. The van der Waals surface area contributed by atoms with Gasteiger partial charge in [0.2, 0.25) is 0 Å². The van der Waals surface area contributed by atoms with Gasteiger partial charge in [-0.1, -0.05) is 97.9 Å². The Hall–Kier alpha value is -8.25. The molecule has 7 aromatic carbocycles. The average molecular weight is 922 g/mol. The van der Waals surface area contributed by atoms with Gasteiger partial charge in [0.15, 0.2) is 16.7 Å². The highest BCUT2D eigenvalue weighted by atomic mass is 16.5. The zero-order valence-electron chi connectivity index (χ0n) is 39.1. The van der Waals surface area contributed by atoms with E-state index in [1.54, 1.807) is 20.8 Å². The summed E-state index contributed by atoms with van der Waals surface area (Å²) in [6, 6.07) is 44.7. The number of benzene rings is 7. The largest absolute Gasteiger partial charge is 0.497 e. The van der Waals surface area contributed by atoms with Gasteiger partial charge in [-0.3, -0.25) is 13.7 Å². The van der Waals surface area contributed by atoms with Crippen molar-refractivity contribution in [2.75, 3.05) is 13.7 Å². The van der Waals surface area contributed by atoms with E-state index in [1.807, 2.05) is 154 Å². The molecule has 0 saturated carbocycles. The minimum atomic E-state index is -0.463. The molecule has 3 aromatic heterocycles. The second-order valence-electron chi connectivity index (χ2n) is 17.7. The molecule has 1 unspecified atom stereocenters. The van der Waals surface area contributed by atoms with E-state index in [0.29, 0.717) is 71.1 Å². The van der Waals surface area contributed by atoms with Crippen LogP contribution in [0.4, 0.5) is 0 Å². The van der Waals surface area contributed by atoms with Crippen molar-refractivity contribution >= 4 is 33.3 Å². The van der Waals surface area contributed by atoms with Crippen molar-refractivity contribution in [3.05, 3.63) is 216 Å². The topological polar surface area (TPSA) is 133 Å². The Morgan fingerprint density at radius 3 is 1.94 bits per heavy atom. The number of hydrogen-bond acceptors (Lipinski definition) is 9. The Morgan fingerprint density at radius 2 is 1.19 bits per heavy atom. The van der Waals surface area contributed by atoms with Crippen LogP contribution in [-0.2, 0) is 26.2 Å². The molecule has 0 aliphatic rings. The molecule has 348 valence electrons. The normalized spacial score (nSPS) is 12.0. The van der Waals surface area contributed by atoms with Gasteiger partial charge in [0.1, 0.15) is 23.9 Å². The molecule has 0 aliphatic carbocycles. The zero-order chi connectivity index (χ0) is 47.8. The Kier molecular flexibility index (Phi) is 12.1. The zero-order valence-corrected chi connectivity index (χ0v) is 39.1. The fourth-order valence-electron chi connectivity index (χ4n) is 9.27. The fraction of sp³-hybridized carbons (Fsp3) is 0.211. The lowest BCUT2D eigenvalue weighted by Gasteiger charge is -2.16. The Bertz CT molecular complexity index is 3710. The molecule has 3 heterocycles. The molecule has 0 saturated heterocycles. The molecule has 12 heteroatoms. The summed E-state index contributed by atoms with van der Waals surface area (Å²) in [5.74, 6) is 0.678. The van der Waals surface area contributed by atoms with E-state index in [1.165, 1.54) is 0 Å². The van der Waals surface area contributed by atoms with Gasteiger partial charge in [0.05, 0.1) is 49.9 Å². The van der Waals surface area contributed by atoms with Gasteiger partial charge < -0.3 is 27.5 Å². The van der Waals surface area contributed by atoms with Crippen molar-refractivity contribution in [1.29, 1.82) is 0 Å². The van der Waals surface area contributed by atoms with E-state index in [-0.39, 0.29) is 19.1 Å². The third-order valence-corrected chi connectivity index (χ3v) is 12.9. The summed E-state index contributed by atoms with van der Waals surface area (Å²) in [7, 11) is 1.62. The van der Waals surface area contributed by atoms with Gasteiger partial charge in [0, 0.05) is 22.3 Å². The van der Waals surface area contributed by atoms with E-state index in [4.69, 9.17) is 27.5 Å². The molecule has 0 amide bonds. The predicted molar refractivity (Wildman–Crippen MR) is 267 cm³/mol. The number of aryl methyl sites for hydroxylation is 3. The standard InChI is InChI=1S/C57H51N3O9/c1-35-21-24-51-47(28-35)59(55(61)67-51)32-40-14-7-10-19-49(40)65-26-25-37(3)45-27-36(2)29-48-53(45)68-57(63)60(48)33-41-15-8-11-20-50(41)66-34-42-16-6-9-18-44(42)52-38(4)22-23-46-54(52)69-56(62)58(46)31-39-13-12-17-43(30-39)64-5/h6-24,27-30,37H,25-26,31-34H2,1-5H3. The van der Waals surface area contributed by atoms with Crippen LogP contribution in [0.2, 0.25) is 0 Å². The molecule has 1 atom stereocenters. The molecule has 0 fully saturated rings. The van der Waals surface area contributed by atoms with Gasteiger partial charge in [-0.2, -0.15) is 0 Å². The molecule has 12 nitrogen and oxygen atoms in total. The van der Waals surface area contributed by atoms with E-state index in [9.17, 15) is 14.4 Å². The second kappa shape index (κ2) is 18.8. The number of methoxy groups -OCH3 is 1. The summed E-state index contributed by atoms with van der Waals surface area (Å²) >= 11 is 0. The Morgan fingerprint density at radius 1 is 0.551 bits per heavy atom. The summed E-state index contributed by atoms with van der Waals surface area (Å²) < 4.78 is 40.9.